The maximum absolute atomic E-state index is 5.63. The summed E-state index contributed by atoms with van der Waals surface area (Å²) < 4.78 is 0. The highest BCUT2D eigenvalue weighted by Crippen LogP contribution is 2.24. The number of nitrogens with two attached hydrogens (primary N) is 1. The Kier molecular flexibility index (Phi) is 2.30. The molecule has 2 nitrogen and oxygen atoms in total. The summed E-state index contributed by atoms with van der Waals surface area (Å²) in [6, 6.07) is 10.5. The third-order valence-electron chi connectivity index (χ3n) is 2.53. The van der Waals surface area contributed by atoms with Gasteiger partial charge in [-0.05, 0) is 12.0 Å². The van der Waals surface area contributed by atoms with Crippen molar-refractivity contribution in [3.63, 3.8) is 0 Å². The minimum Gasteiger partial charge on any atom is -0.387 e. The van der Waals surface area contributed by atoms with Crippen molar-refractivity contribution in [1.82, 2.24) is 0 Å². The maximum Gasteiger partial charge on any atom is 0.0937 e. The number of hydrogen-bond acceptors (Lipinski definition) is 2. The van der Waals surface area contributed by atoms with Gasteiger partial charge in [0, 0.05) is 18.9 Å². The predicted molar refractivity (Wildman–Crippen MR) is 54.9 cm³/mol. The molecular weight excluding hydrogens is 160 g/mol. The normalized spacial score (nSPS) is 22.5. The molecule has 0 saturated heterocycles. The summed E-state index contributed by atoms with van der Waals surface area (Å²) >= 11 is 0. The summed E-state index contributed by atoms with van der Waals surface area (Å²) in [4.78, 5) is 4.28. The van der Waals surface area contributed by atoms with E-state index in [9.17, 15) is 0 Å². The number of amidine groups is 1. The van der Waals surface area contributed by atoms with Crippen LogP contribution >= 0.6 is 0 Å². The molecule has 13 heavy (non-hydrogen) atoms. The van der Waals surface area contributed by atoms with Gasteiger partial charge in [-0.2, -0.15) is 0 Å². The van der Waals surface area contributed by atoms with Crippen molar-refractivity contribution in [2.45, 2.75) is 18.8 Å². The van der Waals surface area contributed by atoms with Crippen LogP contribution in [0.1, 0.15) is 24.3 Å². The van der Waals surface area contributed by atoms with Crippen LogP contribution in [0.3, 0.4) is 0 Å². The van der Waals surface area contributed by atoms with Gasteiger partial charge < -0.3 is 5.73 Å². The van der Waals surface area contributed by atoms with E-state index in [1.54, 1.807) is 0 Å². The average molecular weight is 174 g/mol. The lowest BCUT2D eigenvalue weighted by Crippen LogP contribution is -2.20. The Bertz CT molecular complexity index is 303. The summed E-state index contributed by atoms with van der Waals surface area (Å²) in [6.45, 7) is 0.857. The zero-order chi connectivity index (χ0) is 9.10. The predicted octanol–water partition coefficient (Wildman–Crippen LogP) is 1.92. The molecule has 1 aromatic rings. The second-order valence-electron chi connectivity index (χ2n) is 3.48. The Morgan fingerprint density at radius 3 is 2.62 bits per heavy atom. The first-order chi connectivity index (χ1) is 6.36. The number of aliphatic imine (C=N–C) groups is 1. The van der Waals surface area contributed by atoms with Crippen LogP contribution < -0.4 is 5.73 Å². The van der Waals surface area contributed by atoms with Gasteiger partial charge in [0.2, 0.25) is 0 Å². The van der Waals surface area contributed by atoms with E-state index in [0.29, 0.717) is 5.92 Å². The fraction of sp³-hybridized carbons (Fsp3) is 0.364. The molecule has 0 radical (unpaired) electrons. The molecular formula is C11H14N2. The monoisotopic (exact) mass is 174 g/mol. The average Bonchev–Trinajstić information content (AvgIpc) is 2.20. The molecule has 1 atom stereocenters. The van der Waals surface area contributed by atoms with Gasteiger partial charge >= 0.3 is 0 Å². The van der Waals surface area contributed by atoms with Crippen LogP contribution in [0.25, 0.3) is 0 Å². The van der Waals surface area contributed by atoms with Gasteiger partial charge in [-0.15, -0.1) is 0 Å². The van der Waals surface area contributed by atoms with Crippen molar-refractivity contribution < 1.29 is 0 Å². The zero-order valence-corrected chi connectivity index (χ0v) is 7.61. The Balaban J connectivity index is 2.12. The van der Waals surface area contributed by atoms with Crippen LogP contribution in [0.15, 0.2) is 35.3 Å². The second-order valence-corrected chi connectivity index (χ2v) is 3.48. The number of nitrogens with zero attached hydrogens (tertiary/aromatic N) is 1. The van der Waals surface area contributed by atoms with Crippen molar-refractivity contribution >= 4 is 5.84 Å². The number of hydrogen-bond donors (Lipinski definition) is 1. The molecule has 1 aliphatic rings. The Morgan fingerprint density at radius 2 is 2.00 bits per heavy atom. The number of benzene rings is 1. The van der Waals surface area contributed by atoms with E-state index in [4.69, 9.17) is 5.73 Å². The van der Waals surface area contributed by atoms with E-state index in [-0.39, 0.29) is 0 Å². The molecule has 2 rings (SSSR count). The van der Waals surface area contributed by atoms with Gasteiger partial charge in [-0.25, -0.2) is 0 Å². The minimum atomic E-state index is 0.577. The molecule has 0 saturated carbocycles. The first-order valence-electron chi connectivity index (χ1n) is 4.70. The van der Waals surface area contributed by atoms with E-state index in [1.807, 2.05) is 6.07 Å². The standard InChI is InChI=1S/C11H14N2/c12-11-7-6-10(8-13-11)9-4-2-1-3-5-9/h1-5,10H,6-8H2,(H2,12,13). The lowest BCUT2D eigenvalue weighted by atomic mass is 9.92. The van der Waals surface area contributed by atoms with E-state index in [2.05, 4.69) is 29.3 Å². The molecule has 68 valence electrons. The highest BCUT2D eigenvalue weighted by Gasteiger charge is 2.15. The van der Waals surface area contributed by atoms with Crippen LogP contribution in [-0.2, 0) is 0 Å². The van der Waals surface area contributed by atoms with Crippen molar-refractivity contribution in [2.24, 2.45) is 10.7 Å². The summed E-state index contributed by atoms with van der Waals surface area (Å²) in [5.74, 6) is 1.39. The molecule has 2 N–H and O–H groups in total. The molecule has 1 heterocycles. The lowest BCUT2D eigenvalue weighted by molar-refractivity contribution is 0.624. The van der Waals surface area contributed by atoms with Gasteiger partial charge in [0.25, 0.3) is 0 Å². The van der Waals surface area contributed by atoms with Gasteiger partial charge in [-0.1, -0.05) is 30.3 Å². The molecule has 1 unspecified atom stereocenters. The summed E-state index contributed by atoms with van der Waals surface area (Å²) in [5.41, 5.74) is 7.01. The molecule has 0 bridgehead atoms. The van der Waals surface area contributed by atoms with Crippen LogP contribution in [-0.4, -0.2) is 12.4 Å². The zero-order valence-electron chi connectivity index (χ0n) is 7.61. The van der Waals surface area contributed by atoms with Crippen LogP contribution in [0, 0.1) is 0 Å². The molecule has 0 aromatic heterocycles. The van der Waals surface area contributed by atoms with Gasteiger partial charge in [0.15, 0.2) is 0 Å². The summed E-state index contributed by atoms with van der Waals surface area (Å²) in [5, 5.41) is 0. The van der Waals surface area contributed by atoms with E-state index in [1.165, 1.54) is 5.56 Å². The Labute approximate surface area is 78.5 Å². The molecule has 2 heteroatoms. The quantitative estimate of drug-likeness (QED) is 0.694. The van der Waals surface area contributed by atoms with Crippen LogP contribution in [0.4, 0.5) is 0 Å². The largest absolute Gasteiger partial charge is 0.387 e. The van der Waals surface area contributed by atoms with E-state index in [0.717, 1.165) is 25.2 Å². The first-order valence-corrected chi connectivity index (χ1v) is 4.70. The fourth-order valence-electron chi connectivity index (χ4n) is 1.72. The van der Waals surface area contributed by atoms with Crippen molar-refractivity contribution in [2.75, 3.05) is 6.54 Å². The van der Waals surface area contributed by atoms with Crippen molar-refractivity contribution in [1.29, 1.82) is 0 Å². The third-order valence-corrected chi connectivity index (χ3v) is 2.53. The van der Waals surface area contributed by atoms with Gasteiger partial charge in [0.05, 0.1) is 5.84 Å². The summed E-state index contributed by atoms with van der Waals surface area (Å²) in [6.07, 6.45) is 2.08. The SMILES string of the molecule is NC1=NCC(c2ccccc2)CC1. The fourth-order valence-corrected chi connectivity index (χ4v) is 1.72. The third kappa shape index (κ3) is 1.89. The molecule has 1 aromatic carbocycles. The molecule has 0 amide bonds. The molecule has 1 aliphatic heterocycles. The molecule has 0 aliphatic carbocycles. The van der Waals surface area contributed by atoms with Crippen molar-refractivity contribution in [3.05, 3.63) is 35.9 Å². The Morgan fingerprint density at radius 1 is 1.23 bits per heavy atom. The topological polar surface area (TPSA) is 38.4 Å². The summed E-state index contributed by atoms with van der Waals surface area (Å²) in [7, 11) is 0. The van der Waals surface area contributed by atoms with Gasteiger partial charge in [0.1, 0.15) is 0 Å². The van der Waals surface area contributed by atoms with Crippen molar-refractivity contribution in [3.8, 4) is 0 Å². The number of rotatable bonds is 1. The lowest BCUT2D eigenvalue weighted by Gasteiger charge is -2.19. The van der Waals surface area contributed by atoms with Gasteiger partial charge in [-0.3, -0.25) is 4.99 Å². The highest BCUT2D eigenvalue weighted by atomic mass is 14.9. The second kappa shape index (κ2) is 3.60. The Hall–Kier alpha value is -1.31. The smallest absolute Gasteiger partial charge is 0.0937 e. The molecule has 0 fully saturated rings. The minimum absolute atomic E-state index is 0.577. The van der Waals surface area contributed by atoms with E-state index < -0.39 is 0 Å². The molecule has 0 spiro atoms. The van der Waals surface area contributed by atoms with Crippen LogP contribution in [0.5, 0.6) is 0 Å². The highest BCUT2D eigenvalue weighted by molar-refractivity contribution is 5.81. The van der Waals surface area contributed by atoms with Crippen LogP contribution in [0.2, 0.25) is 0 Å². The van der Waals surface area contributed by atoms with E-state index >= 15 is 0 Å². The maximum atomic E-state index is 5.63. The first kappa shape index (κ1) is 8.30.